The van der Waals surface area contributed by atoms with Crippen molar-refractivity contribution in [3.63, 3.8) is 0 Å². The highest BCUT2D eigenvalue weighted by atomic mass is 16.3. The van der Waals surface area contributed by atoms with Gasteiger partial charge in [0.25, 0.3) is 0 Å². The minimum absolute atomic E-state index is 0.105. The second-order valence-corrected chi connectivity index (χ2v) is 11.6. The lowest BCUT2D eigenvalue weighted by Crippen LogP contribution is -2.17. The zero-order chi connectivity index (χ0) is 24.1. The van der Waals surface area contributed by atoms with Crippen LogP contribution in [0.25, 0.3) is 0 Å². The van der Waals surface area contributed by atoms with Crippen LogP contribution in [0.1, 0.15) is 128 Å². The van der Waals surface area contributed by atoms with E-state index in [9.17, 15) is 10.2 Å². The zero-order valence-corrected chi connectivity index (χ0v) is 21.8. The SMILES string of the molecule is CCCCC(c1ccc(O)c(C(C)(C)C)c1)C(CCCC)c1ccc(O)c(C(C)(C)C)c1. The summed E-state index contributed by atoms with van der Waals surface area (Å²) in [6, 6.07) is 12.6. The fraction of sp³-hybridized carbons (Fsp3) is 0.600. The Balaban J connectivity index is 2.63. The van der Waals surface area contributed by atoms with Crippen molar-refractivity contribution in [2.24, 2.45) is 0 Å². The van der Waals surface area contributed by atoms with Crippen molar-refractivity contribution in [1.29, 1.82) is 0 Å². The molecule has 178 valence electrons. The summed E-state index contributed by atoms with van der Waals surface area (Å²) in [7, 11) is 0. The van der Waals surface area contributed by atoms with Crippen LogP contribution < -0.4 is 0 Å². The number of rotatable bonds is 9. The zero-order valence-electron chi connectivity index (χ0n) is 21.8. The van der Waals surface area contributed by atoms with Crippen LogP contribution in [0.3, 0.4) is 0 Å². The fourth-order valence-electron chi connectivity index (χ4n) is 4.82. The number of phenols is 2. The highest BCUT2D eigenvalue weighted by molar-refractivity contribution is 5.45. The van der Waals surface area contributed by atoms with Crippen molar-refractivity contribution in [3.8, 4) is 11.5 Å². The van der Waals surface area contributed by atoms with E-state index in [1.807, 2.05) is 12.1 Å². The van der Waals surface area contributed by atoms with Crippen molar-refractivity contribution in [2.45, 2.75) is 117 Å². The lowest BCUT2D eigenvalue weighted by atomic mass is 9.73. The summed E-state index contributed by atoms with van der Waals surface area (Å²) < 4.78 is 0. The number of hydrogen-bond donors (Lipinski definition) is 2. The van der Waals surface area contributed by atoms with E-state index in [1.165, 1.54) is 36.8 Å². The number of hydrogen-bond acceptors (Lipinski definition) is 2. The molecule has 2 unspecified atom stereocenters. The van der Waals surface area contributed by atoms with Crippen LogP contribution in [-0.4, -0.2) is 10.2 Å². The maximum absolute atomic E-state index is 10.6. The monoisotopic (exact) mass is 438 g/mol. The molecule has 0 radical (unpaired) electrons. The van der Waals surface area contributed by atoms with Gasteiger partial charge >= 0.3 is 0 Å². The molecule has 0 bridgehead atoms. The smallest absolute Gasteiger partial charge is 0.119 e. The van der Waals surface area contributed by atoms with Gasteiger partial charge in [-0.05, 0) is 69.9 Å². The Morgan fingerprint density at radius 3 is 1.25 bits per heavy atom. The van der Waals surface area contributed by atoms with E-state index in [0.717, 1.165) is 24.0 Å². The molecule has 0 saturated heterocycles. The lowest BCUT2D eigenvalue weighted by molar-refractivity contribution is 0.430. The van der Waals surface area contributed by atoms with Crippen LogP contribution in [0.2, 0.25) is 0 Å². The highest BCUT2D eigenvalue weighted by Crippen LogP contribution is 2.44. The average Bonchev–Trinajstić information content (AvgIpc) is 2.70. The molecule has 2 rings (SSSR count). The Bertz CT molecular complexity index is 794. The maximum Gasteiger partial charge on any atom is 0.119 e. The van der Waals surface area contributed by atoms with Gasteiger partial charge in [0.15, 0.2) is 0 Å². The van der Waals surface area contributed by atoms with Crippen molar-refractivity contribution in [1.82, 2.24) is 0 Å². The van der Waals surface area contributed by atoms with Gasteiger partial charge in [-0.3, -0.25) is 0 Å². The van der Waals surface area contributed by atoms with Crippen molar-refractivity contribution >= 4 is 0 Å². The summed E-state index contributed by atoms with van der Waals surface area (Å²) in [4.78, 5) is 0. The van der Waals surface area contributed by atoms with Crippen molar-refractivity contribution < 1.29 is 10.2 Å². The third kappa shape index (κ3) is 6.53. The van der Waals surface area contributed by atoms with E-state index in [1.54, 1.807) is 0 Å². The quantitative estimate of drug-likeness (QED) is 0.410. The summed E-state index contributed by atoms with van der Waals surface area (Å²) in [5.41, 5.74) is 4.48. The molecule has 2 atom stereocenters. The van der Waals surface area contributed by atoms with Crippen LogP contribution in [-0.2, 0) is 10.8 Å². The third-order valence-corrected chi connectivity index (χ3v) is 6.74. The molecule has 0 spiro atoms. The molecule has 0 aromatic heterocycles. The number of aromatic hydroxyl groups is 2. The van der Waals surface area contributed by atoms with E-state index in [2.05, 4.69) is 79.7 Å². The van der Waals surface area contributed by atoms with Crippen molar-refractivity contribution in [2.75, 3.05) is 0 Å². The molecule has 0 aliphatic heterocycles. The van der Waals surface area contributed by atoms with E-state index >= 15 is 0 Å². The van der Waals surface area contributed by atoms with Gasteiger partial charge in [-0.25, -0.2) is 0 Å². The van der Waals surface area contributed by atoms with Crippen LogP contribution in [0, 0.1) is 0 Å². The fourth-order valence-corrected chi connectivity index (χ4v) is 4.82. The number of benzene rings is 2. The third-order valence-electron chi connectivity index (χ3n) is 6.74. The summed E-state index contributed by atoms with van der Waals surface area (Å²) >= 11 is 0. The molecule has 2 heteroatoms. The molecular weight excluding hydrogens is 392 g/mol. The van der Waals surface area contributed by atoms with E-state index in [0.29, 0.717) is 23.3 Å². The molecule has 0 aliphatic carbocycles. The van der Waals surface area contributed by atoms with Crippen LogP contribution in [0.15, 0.2) is 36.4 Å². The van der Waals surface area contributed by atoms with Gasteiger partial charge in [0.2, 0.25) is 0 Å². The van der Waals surface area contributed by atoms with E-state index in [4.69, 9.17) is 0 Å². The second-order valence-electron chi connectivity index (χ2n) is 11.6. The molecular formula is C30H46O2. The Kier molecular flexibility index (Phi) is 8.85. The Hall–Kier alpha value is -1.96. The molecule has 0 saturated carbocycles. The topological polar surface area (TPSA) is 40.5 Å². The van der Waals surface area contributed by atoms with Crippen LogP contribution in [0.4, 0.5) is 0 Å². The van der Waals surface area contributed by atoms with Gasteiger partial charge in [-0.1, -0.05) is 105 Å². The second kappa shape index (κ2) is 10.8. The summed E-state index contributed by atoms with van der Waals surface area (Å²) in [5, 5.41) is 21.1. The molecule has 0 amide bonds. The minimum atomic E-state index is -0.105. The van der Waals surface area contributed by atoms with E-state index < -0.39 is 0 Å². The summed E-state index contributed by atoms with van der Waals surface area (Å²) in [6.45, 7) is 17.5. The van der Waals surface area contributed by atoms with Gasteiger partial charge in [0.05, 0.1) is 0 Å². The van der Waals surface area contributed by atoms with Gasteiger partial charge in [0.1, 0.15) is 11.5 Å². The summed E-state index contributed by atoms with van der Waals surface area (Å²) in [6.07, 6.45) is 6.97. The van der Waals surface area contributed by atoms with E-state index in [-0.39, 0.29) is 10.8 Å². The molecule has 2 N–H and O–H groups in total. The first kappa shape index (κ1) is 26.3. The Morgan fingerprint density at radius 2 is 0.969 bits per heavy atom. The predicted molar refractivity (Wildman–Crippen MR) is 138 cm³/mol. The first-order valence-corrected chi connectivity index (χ1v) is 12.6. The first-order valence-electron chi connectivity index (χ1n) is 12.6. The molecule has 0 heterocycles. The molecule has 0 aliphatic rings. The van der Waals surface area contributed by atoms with Gasteiger partial charge < -0.3 is 10.2 Å². The van der Waals surface area contributed by atoms with Crippen LogP contribution >= 0.6 is 0 Å². The van der Waals surface area contributed by atoms with Gasteiger partial charge in [-0.2, -0.15) is 0 Å². The number of unbranched alkanes of at least 4 members (excludes halogenated alkanes) is 2. The average molecular weight is 439 g/mol. The van der Waals surface area contributed by atoms with Crippen molar-refractivity contribution in [3.05, 3.63) is 58.7 Å². The van der Waals surface area contributed by atoms with Gasteiger partial charge in [-0.15, -0.1) is 0 Å². The largest absolute Gasteiger partial charge is 0.508 e. The number of phenolic OH excluding ortho intramolecular Hbond substituents is 2. The highest BCUT2D eigenvalue weighted by Gasteiger charge is 2.28. The summed E-state index contributed by atoms with van der Waals surface area (Å²) in [5.74, 6) is 1.56. The normalized spacial score (nSPS) is 14.4. The van der Waals surface area contributed by atoms with Gasteiger partial charge in [0, 0.05) is 0 Å². The Morgan fingerprint density at radius 1 is 0.625 bits per heavy atom. The van der Waals surface area contributed by atoms with Crippen LogP contribution in [0.5, 0.6) is 11.5 Å². The standard InChI is InChI=1S/C30H46O2/c1-9-11-13-23(21-15-17-27(31)25(19-21)29(3,4)5)24(14-12-10-2)22-16-18-28(32)26(20-22)30(6,7)8/h15-20,23-24,31-32H,9-14H2,1-8H3. The molecule has 2 aromatic carbocycles. The minimum Gasteiger partial charge on any atom is -0.508 e. The molecule has 32 heavy (non-hydrogen) atoms. The molecule has 2 aromatic rings. The Labute approximate surface area is 197 Å². The first-order chi connectivity index (χ1) is 14.9. The molecule has 2 nitrogen and oxygen atoms in total. The lowest BCUT2D eigenvalue weighted by Gasteiger charge is -2.31. The predicted octanol–water partition coefficient (Wildman–Crippen LogP) is 8.94. The maximum atomic E-state index is 10.6. The molecule has 0 fully saturated rings.